The highest BCUT2D eigenvalue weighted by Crippen LogP contribution is 2.41. The van der Waals surface area contributed by atoms with Crippen LogP contribution in [0.15, 0.2) is 59.1 Å². The lowest BCUT2D eigenvalue weighted by molar-refractivity contribution is -0.432. The zero-order valence-corrected chi connectivity index (χ0v) is 23.0. The molecule has 0 N–H and O–H groups in total. The second-order valence-corrected chi connectivity index (χ2v) is 10.0. The van der Waals surface area contributed by atoms with Crippen molar-refractivity contribution in [2.75, 3.05) is 6.54 Å². The first kappa shape index (κ1) is 23.5. The molecule has 32 heavy (non-hydrogen) atoms. The van der Waals surface area contributed by atoms with Crippen molar-refractivity contribution in [1.29, 1.82) is 0 Å². The summed E-state index contributed by atoms with van der Waals surface area (Å²) in [6, 6.07) is 20.2. The first-order valence-corrected chi connectivity index (χ1v) is 12.2. The summed E-state index contributed by atoms with van der Waals surface area (Å²) in [6.07, 6.45) is 4.85. The van der Waals surface area contributed by atoms with E-state index in [0.717, 1.165) is 17.6 Å². The van der Waals surface area contributed by atoms with Gasteiger partial charge in [0.2, 0.25) is 5.69 Å². The molecule has 0 radical (unpaired) electrons. The van der Waals surface area contributed by atoms with Crippen LogP contribution in [0.4, 0.5) is 5.69 Å². The molecule has 0 aliphatic carbocycles. The van der Waals surface area contributed by atoms with Gasteiger partial charge in [0.05, 0.1) is 10.8 Å². The van der Waals surface area contributed by atoms with Crippen LogP contribution >= 0.6 is 15.9 Å². The molecule has 166 valence electrons. The third-order valence-corrected chi connectivity index (χ3v) is 7.41. The van der Waals surface area contributed by atoms with Crippen molar-refractivity contribution < 1.29 is 28.6 Å². The van der Waals surface area contributed by atoms with Gasteiger partial charge in [0, 0.05) is 45.0 Å². The van der Waals surface area contributed by atoms with Crippen LogP contribution in [0.3, 0.4) is 0 Å². The highest BCUT2D eigenvalue weighted by atomic mass is 127. The van der Waals surface area contributed by atoms with Gasteiger partial charge in [-0.05, 0) is 50.8 Å². The quantitative estimate of drug-likeness (QED) is 0.242. The van der Waals surface area contributed by atoms with Crippen LogP contribution in [0.5, 0.6) is 0 Å². The smallest absolute Gasteiger partial charge is 0.209 e. The second kappa shape index (κ2) is 8.94. The minimum Gasteiger partial charge on any atom is -1.00 e. The van der Waals surface area contributed by atoms with Crippen molar-refractivity contribution >= 4 is 55.1 Å². The van der Waals surface area contributed by atoms with E-state index in [2.05, 4.69) is 113 Å². The number of benzene rings is 3. The molecule has 0 unspecified atom stereocenters. The molecule has 0 amide bonds. The van der Waals surface area contributed by atoms with Gasteiger partial charge in [-0.15, -0.1) is 0 Å². The Kier molecular flexibility index (Phi) is 6.56. The van der Waals surface area contributed by atoms with Crippen LogP contribution < -0.4 is 29.3 Å². The van der Waals surface area contributed by atoms with Crippen molar-refractivity contribution in [3.8, 4) is 0 Å². The van der Waals surface area contributed by atoms with Crippen LogP contribution in [0, 0.1) is 0 Å². The van der Waals surface area contributed by atoms with Crippen molar-refractivity contribution in [3.63, 3.8) is 0 Å². The molecule has 2 nitrogen and oxygen atoms in total. The fraction of sp³-hybridized carbons (Fsp3) is 0.321. The van der Waals surface area contributed by atoms with Crippen LogP contribution in [0.1, 0.15) is 46.1 Å². The Morgan fingerprint density at radius 2 is 1.78 bits per heavy atom. The predicted octanol–water partition coefficient (Wildman–Crippen LogP) is 3.96. The first-order valence-electron chi connectivity index (χ1n) is 11.4. The van der Waals surface area contributed by atoms with E-state index in [1.807, 2.05) is 0 Å². The van der Waals surface area contributed by atoms with Crippen LogP contribution in [-0.2, 0) is 12.0 Å². The van der Waals surface area contributed by atoms with Crippen LogP contribution in [0.25, 0.3) is 27.8 Å². The normalized spacial score (nSPS) is 15.6. The molecule has 1 aromatic heterocycles. The van der Waals surface area contributed by atoms with Crippen molar-refractivity contribution in [1.82, 2.24) is 4.57 Å². The Hall–Kier alpha value is -1.66. The molecule has 3 aromatic carbocycles. The van der Waals surface area contributed by atoms with Gasteiger partial charge in [-0.1, -0.05) is 59.6 Å². The number of fused-ring (bicyclic) bond motifs is 1. The Bertz CT molecular complexity index is 1390. The Morgan fingerprint density at radius 1 is 1.03 bits per heavy atom. The largest absolute Gasteiger partial charge is 1.00 e. The van der Waals surface area contributed by atoms with Gasteiger partial charge < -0.3 is 28.5 Å². The van der Waals surface area contributed by atoms with Gasteiger partial charge >= 0.3 is 0 Å². The number of halogens is 2. The minimum absolute atomic E-state index is 0. The summed E-state index contributed by atoms with van der Waals surface area (Å²) in [4.78, 5) is 0. The average molecular weight is 601 g/mol. The summed E-state index contributed by atoms with van der Waals surface area (Å²) >= 11 is 3.69. The number of unbranched alkanes of at least 4 members (excludes halogenated alkanes) is 1. The SMILES string of the molecule is CCCCn1/c(=C/C2=[N+](CC)c3ccc(Br)cc3C2(C)C)c2cccc3cccc1c32.[I-]. The molecule has 0 saturated heterocycles. The molecular formula is C28H30BrIN2. The standard InChI is InChI=1S/C28H30BrN2.HI/c1-5-7-16-31-24-13-9-11-19-10-8-12-21(27(19)24)25(31)18-26-28(3,4)22-17-20(29)14-15-23(22)30(26)6-2;/h8-15,17-18H,5-7,16H2,1-4H3;1H/q+1;/p-1. The molecule has 0 bridgehead atoms. The van der Waals surface area contributed by atoms with Gasteiger partial charge in [-0.25, -0.2) is 0 Å². The number of aromatic nitrogens is 1. The van der Waals surface area contributed by atoms with E-state index in [9.17, 15) is 0 Å². The first-order chi connectivity index (χ1) is 15.0. The van der Waals surface area contributed by atoms with Crippen molar-refractivity contribution in [3.05, 3.63) is 70.0 Å². The van der Waals surface area contributed by atoms with E-state index in [4.69, 9.17) is 0 Å². The third-order valence-electron chi connectivity index (χ3n) is 6.92. The summed E-state index contributed by atoms with van der Waals surface area (Å²) < 4.78 is 6.19. The number of hydrogen-bond donors (Lipinski definition) is 0. The summed E-state index contributed by atoms with van der Waals surface area (Å²) in [6.45, 7) is 11.3. The van der Waals surface area contributed by atoms with E-state index < -0.39 is 0 Å². The fourth-order valence-electron chi connectivity index (χ4n) is 5.33. The number of rotatable bonds is 5. The Balaban J connectivity index is 0.00000245. The minimum atomic E-state index is -0.0543. The lowest BCUT2D eigenvalue weighted by Gasteiger charge is -2.16. The summed E-state index contributed by atoms with van der Waals surface area (Å²) in [5, 5.41) is 5.43. The zero-order valence-electron chi connectivity index (χ0n) is 19.3. The van der Waals surface area contributed by atoms with Crippen molar-refractivity contribution in [2.24, 2.45) is 0 Å². The van der Waals surface area contributed by atoms with Gasteiger partial charge in [0.15, 0.2) is 5.71 Å². The molecule has 5 rings (SSSR count). The fourth-order valence-corrected chi connectivity index (χ4v) is 5.69. The molecule has 4 aromatic rings. The van der Waals surface area contributed by atoms with E-state index in [1.54, 1.807) is 0 Å². The highest BCUT2D eigenvalue weighted by Gasteiger charge is 2.44. The lowest BCUT2D eigenvalue weighted by Crippen LogP contribution is -3.00. The predicted molar refractivity (Wildman–Crippen MR) is 137 cm³/mol. The molecule has 0 saturated carbocycles. The summed E-state index contributed by atoms with van der Waals surface area (Å²) in [7, 11) is 0. The van der Waals surface area contributed by atoms with E-state index >= 15 is 0 Å². The maximum atomic E-state index is 3.69. The van der Waals surface area contributed by atoms with Gasteiger partial charge in [-0.3, -0.25) is 0 Å². The average Bonchev–Trinajstić information content (AvgIpc) is 3.17. The van der Waals surface area contributed by atoms with E-state index in [-0.39, 0.29) is 29.4 Å². The van der Waals surface area contributed by atoms with Crippen LogP contribution in [-0.4, -0.2) is 21.4 Å². The molecule has 0 atom stereocenters. The molecular weight excluding hydrogens is 571 g/mol. The Morgan fingerprint density at radius 3 is 2.50 bits per heavy atom. The molecule has 0 fully saturated rings. The molecule has 4 heteroatoms. The van der Waals surface area contributed by atoms with E-state index in [0.29, 0.717) is 0 Å². The Labute approximate surface area is 216 Å². The molecule has 0 spiro atoms. The number of hydrogen-bond acceptors (Lipinski definition) is 0. The lowest BCUT2D eigenvalue weighted by atomic mass is 9.81. The van der Waals surface area contributed by atoms with Gasteiger partial charge in [0.25, 0.3) is 0 Å². The topological polar surface area (TPSA) is 7.94 Å². The zero-order chi connectivity index (χ0) is 21.8. The van der Waals surface area contributed by atoms with E-state index in [1.165, 1.54) is 56.8 Å². The van der Waals surface area contributed by atoms with Crippen molar-refractivity contribution in [2.45, 2.75) is 52.5 Å². The molecule has 2 heterocycles. The van der Waals surface area contributed by atoms with Gasteiger partial charge in [0.1, 0.15) is 6.54 Å². The monoisotopic (exact) mass is 600 g/mol. The third kappa shape index (κ3) is 3.54. The summed E-state index contributed by atoms with van der Waals surface area (Å²) in [5.74, 6) is 0. The highest BCUT2D eigenvalue weighted by molar-refractivity contribution is 9.10. The van der Waals surface area contributed by atoms with Crippen LogP contribution in [0.2, 0.25) is 0 Å². The molecule has 1 aliphatic rings. The maximum absolute atomic E-state index is 3.69. The summed E-state index contributed by atoms with van der Waals surface area (Å²) in [5.41, 5.74) is 5.40. The van der Waals surface area contributed by atoms with Gasteiger partial charge in [-0.2, -0.15) is 4.58 Å². The second-order valence-electron chi connectivity index (χ2n) is 9.13. The number of nitrogens with zero attached hydrogens (tertiary/aromatic N) is 2. The maximum Gasteiger partial charge on any atom is 0.209 e. The number of aryl methyl sites for hydroxylation is 1. The molecule has 1 aliphatic heterocycles.